The molecule has 0 fully saturated rings. The minimum atomic E-state index is -2.10. The van der Waals surface area contributed by atoms with Crippen molar-refractivity contribution in [1.29, 1.82) is 0 Å². The smallest absolute Gasteiger partial charge is 0.327 e. The Kier molecular flexibility index (Phi) is 22.2. The number of carbonyl (C=O) groups excluding carboxylic acids is 6. The molecular weight excluding hydrogens is 995 g/mol. The molecule has 0 aliphatic carbocycles. The number of guanidine groups is 1. The fraction of sp³-hybridized carbons (Fsp3) is 0.400. The molecule has 6 atom stereocenters. The number of amides is 6. The zero-order chi connectivity index (χ0) is 54.5. The number of aliphatic carboxylic acids is 5. The number of hydrogen-bond acceptors (Lipinski definition) is 19. The lowest BCUT2D eigenvalue weighted by Gasteiger charge is -2.26. The summed E-state index contributed by atoms with van der Waals surface area (Å²) in [6.45, 7) is -0.0811. The van der Waals surface area contributed by atoms with Gasteiger partial charge in [0.2, 0.25) is 35.5 Å². The summed E-state index contributed by atoms with van der Waals surface area (Å²) < 4.78 is 0. The van der Waals surface area contributed by atoms with Gasteiger partial charge in [-0.25, -0.2) is 19.6 Å². The molecule has 1 aromatic carbocycles. The second-order valence-electron chi connectivity index (χ2n) is 15.4. The summed E-state index contributed by atoms with van der Waals surface area (Å²) in [5.74, 6) is -16.5. The molecule has 0 bridgehead atoms. The largest absolute Gasteiger partial charge is 0.481 e. The van der Waals surface area contributed by atoms with Gasteiger partial charge in [0.15, 0.2) is 17.1 Å². The second-order valence-corrected chi connectivity index (χ2v) is 15.8. The summed E-state index contributed by atoms with van der Waals surface area (Å²) in [4.78, 5) is 169. The van der Waals surface area contributed by atoms with Crippen molar-refractivity contribution in [2.45, 2.75) is 87.7 Å². The number of hydrogen-bond donors (Lipinski definition) is 17. The fourth-order valence-electron chi connectivity index (χ4n) is 6.23. The number of anilines is 2. The van der Waals surface area contributed by atoms with E-state index < -0.39 is 151 Å². The number of aliphatic imine (C=N–C) groups is 1. The molecule has 73 heavy (non-hydrogen) atoms. The molecule has 3 aromatic rings. The molecule has 19 N–H and O–H groups in total. The van der Waals surface area contributed by atoms with Crippen LogP contribution in [-0.2, 0) is 54.5 Å². The van der Waals surface area contributed by atoms with Crippen LogP contribution in [0.15, 0.2) is 40.2 Å². The predicted molar refractivity (Wildman–Crippen MR) is 252 cm³/mol. The molecule has 0 aliphatic rings. The summed E-state index contributed by atoms with van der Waals surface area (Å²) >= 11 is 3.78. The van der Waals surface area contributed by atoms with Gasteiger partial charge >= 0.3 is 29.8 Å². The third-order valence-electron chi connectivity index (χ3n) is 9.80. The lowest BCUT2D eigenvalue weighted by Crippen LogP contribution is -2.59. The van der Waals surface area contributed by atoms with E-state index in [2.05, 4.69) is 64.1 Å². The third kappa shape index (κ3) is 19.6. The highest BCUT2D eigenvalue weighted by Gasteiger charge is 2.35. The maximum Gasteiger partial charge on any atom is 0.327 e. The Balaban J connectivity index is 1.71. The molecule has 2 aromatic heterocycles. The first-order valence-electron chi connectivity index (χ1n) is 21.3. The Hall–Kier alpha value is -9.17. The fourth-order valence-corrected chi connectivity index (χ4v) is 6.48. The van der Waals surface area contributed by atoms with Crippen LogP contribution >= 0.6 is 12.6 Å². The maximum atomic E-state index is 13.7. The van der Waals surface area contributed by atoms with Crippen molar-refractivity contribution in [2.75, 3.05) is 23.3 Å². The zero-order valence-corrected chi connectivity index (χ0v) is 38.9. The Morgan fingerprint density at radius 1 is 0.658 bits per heavy atom. The second kappa shape index (κ2) is 27.9. The molecule has 6 amide bonds. The summed E-state index contributed by atoms with van der Waals surface area (Å²) in [5.41, 5.74) is 16.4. The van der Waals surface area contributed by atoms with Crippen molar-refractivity contribution in [3.05, 3.63) is 52.1 Å². The van der Waals surface area contributed by atoms with Crippen LogP contribution < -0.4 is 60.0 Å². The van der Waals surface area contributed by atoms with Crippen LogP contribution in [0, 0.1) is 0 Å². The van der Waals surface area contributed by atoms with Crippen molar-refractivity contribution < 1.29 is 78.3 Å². The zero-order valence-electron chi connectivity index (χ0n) is 38.0. The van der Waals surface area contributed by atoms with E-state index in [-0.39, 0.29) is 48.1 Å². The molecule has 2 heterocycles. The minimum Gasteiger partial charge on any atom is -0.481 e. The Labute approximate surface area is 415 Å². The number of nitrogens with zero attached hydrogens (tertiary/aromatic N) is 4. The quantitative estimate of drug-likeness (QED) is 0.0128. The van der Waals surface area contributed by atoms with E-state index in [4.69, 9.17) is 17.2 Å². The number of H-pyrrole nitrogens is 1. The van der Waals surface area contributed by atoms with Crippen LogP contribution in [0.4, 0.5) is 11.6 Å². The lowest BCUT2D eigenvalue weighted by molar-refractivity contribution is -0.144. The number of benzene rings is 1. The van der Waals surface area contributed by atoms with Gasteiger partial charge in [0.25, 0.3) is 11.5 Å². The van der Waals surface area contributed by atoms with Crippen molar-refractivity contribution >= 4 is 107 Å². The molecule has 0 radical (unpaired) electrons. The summed E-state index contributed by atoms with van der Waals surface area (Å²) in [6, 6.07) is -5.53. The van der Waals surface area contributed by atoms with Crippen LogP contribution in [0.2, 0.25) is 0 Å². The van der Waals surface area contributed by atoms with E-state index in [9.17, 15) is 83.1 Å². The van der Waals surface area contributed by atoms with Gasteiger partial charge in [0.1, 0.15) is 36.3 Å². The standard InChI is InChI=1S/C40H51N15O17S/c41-39(42)44-9-1-2-19(32(64)51-22(11-27(59)60)34(66)52-23(12-28(61)62)35(67)53-24(15-73)38(71)72)49-33(65)21(10-26(57)58)48-25(56)8-7-20(37(69)70)50-31(63)16-3-5-17(6-4-16)45-13-18-14-46-30-29(47-18)36(68)55-40(43)54-30/h3-6,14,19-24,45,73H,1-2,7-13,15H2,(H,48,56)(H,49,65)(H,50,63)(H,51,64)(H,52,66)(H,53,67)(H,57,58)(H,59,60)(H,61,62)(H,69,70)(H,71,72)(H4,41,42,44)(H3,43,46,54,55,68)/t19-,20-,21-,22+,23-,24-/m0/s1. The van der Waals surface area contributed by atoms with E-state index in [0.29, 0.717) is 11.4 Å². The molecule has 32 nitrogen and oxygen atoms in total. The van der Waals surface area contributed by atoms with Gasteiger partial charge in [-0.1, -0.05) is 0 Å². The Morgan fingerprint density at radius 2 is 1.16 bits per heavy atom. The molecule has 0 saturated carbocycles. The number of nitrogen functional groups attached to an aromatic ring is 1. The van der Waals surface area contributed by atoms with Crippen molar-refractivity contribution in [1.82, 2.24) is 51.8 Å². The van der Waals surface area contributed by atoms with E-state index >= 15 is 0 Å². The van der Waals surface area contributed by atoms with E-state index in [1.807, 2.05) is 10.6 Å². The number of rotatable bonds is 30. The molecule has 0 unspecified atom stereocenters. The van der Waals surface area contributed by atoms with Gasteiger partial charge in [-0.2, -0.15) is 17.6 Å². The highest BCUT2D eigenvalue weighted by atomic mass is 32.1. The first-order chi connectivity index (χ1) is 34.4. The van der Waals surface area contributed by atoms with Gasteiger partial charge < -0.3 is 80.0 Å². The van der Waals surface area contributed by atoms with E-state index in [1.54, 1.807) is 0 Å². The molecule has 0 spiro atoms. The predicted octanol–water partition coefficient (Wildman–Crippen LogP) is -5.21. The number of carboxylic acids is 5. The molecule has 394 valence electrons. The highest BCUT2D eigenvalue weighted by Crippen LogP contribution is 2.13. The summed E-state index contributed by atoms with van der Waals surface area (Å²) in [6.07, 6.45) is -3.88. The number of aromatic amines is 1. The SMILES string of the molecule is NC(N)=NCCC[C@H](NC(=O)[C@H](CC(=O)O)NC(=O)CC[C@H](NC(=O)c1ccc(NCc2cnc3nc(N)[nH]c(=O)c3n2)cc1)C(=O)O)C(=O)N[C@H](CC(=O)O)C(=O)N[C@@H](CC(=O)O)C(=O)N[C@@H](CS)C(=O)O. The van der Waals surface area contributed by atoms with E-state index in [1.165, 1.54) is 30.5 Å². The minimum absolute atomic E-state index is 0.00249. The summed E-state index contributed by atoms with van der Waals surface area (Å²) in [5, 5.41) is 63.1. The number of nitrogens with one attached hydrogen (secondary N) is 8. The van der Waals surface area contributed by atoms with Crippen LogP contribution in [0.1, 0.15) is 61.0 Å². The monoisotopic (exact) mass is 1050 g/mol. The number of thiol groups is 1. The van der Waals surface area contributed by atoms with Gasteiger partial charge in [-0.3, -0.25) is 57.9 Å². The Bertz CT molecular complexity index is 2670. The van der Waals surface area contributed by atoms with Gasteiger partial charge in [0, 0.05) is 30.0 Å². The van der Waals surface area contributed by atoms with Gasteiger partial charge in [-0.05, 0) is 43.5 Å². The van der Waals surface area contributed by atoms with Gasteiger partial charge in [-0.15, -0.1) is 0 Å². The molecule has 33 heteroatoms. The van der Waals surface area contributed by atoms with Crippen LogP contribution in [0.5, 0.6) is 0 Å². The highest BCUT2D eigenvalue weighted by molar-refractivity contribution is 7.80. The number of carboxylic acid groups (broad SMARTS) is 5. The average molecular weight is 1050 g/mol. The topological polar surface area (TPSA) is 535 Å². The van der Waals surface area contributed by atoms with Crippen LogP contribution in [-0.4, -0.2) is 165 Å². The Morgan fingerprint density at radius 3 is 1.67 bits per heavy atom. The molecule has 0 aliphatic heterocycles. The molecular formula is C40H51N15O17S. The summed E-state index contributed by atoms with van der Waals surface area (Å²) in [7, 11) is 0. The number of fused-ring (bicyclic) bond motifs is 1. The molecule has 0 saturated heterocycles. The number of aromatic nitrogens is 4. The molecule has 3 rings (SSSR count). The van der Waals surface area contributed by atoms with Crippen LogP contribution in [0.25, 0.3) is 11.2 Å². The number of carbonyl (C=O) groups is 11. The lowest BCUT2D eigenvalue weighted by atomic mass is 10.1. The average Bonchev–Trinajstić information content (AvgIpc) is 3.30. The van der Waals surface area contributed by atoms with Crippen molar-refractivity contribution in [2.24, 2.45) is 16.5 Å². The van der Waals surface area contributed by atoms with Crippen LogP contribution in [0.3, 0.4) is 0 Å². The van der Waals surface area contributed by atoms with Crippen molar-refractivity contribution in [3.8, 4) is 0 Å². The first kappa shape index (κ1) is 58.1. The van der Waals surface area contributed by atoms with Crippen molar-refractivity contribution in [3.63, 3.8) is 0 Å². The first-order valence-corrected chi connectivity index (χ1v) is 21.9. The number of nitrogens with two attached hydrogens (primary N) is 3. The van der Waals surface area contributed by atoms with E-state index in [0.717, 1.165) is 0 Å². The van der Waals surface area contributed by atoms with Gasteiger partial charge in [0.05, 0.1) is 37.7 Å². The maximum absolute atomic E-state index is 13.7. The third-order valence-corrected chi connectivity index (χ3v) is 10.2. The normalized spacial score (nSPS) is 13.2.